The number of nitrogens with two attached hydrogens (primary N) is 1. The monoisotopic (exact) mass is 251 g/mol. The Morgan fingerprint density at radius 2 is 1.89 bits per heavy atom. The lowest BCUT2D eigenvalue weighted by Crippen LogP contribution is -2.21. The van der Waals surface area contributed by atoms with Gasteiger partial charge in [-0.2, -0.15) is 0 Å². The highest BCUT2D eigenvalue weighted by molar-refractivity contribution is 5.59. The van der Waals surface area contributed by atoms with Gasteiger partial charge in [-0.3, -0.25) is 0 Å². The Morgan fingerprint density at radius 1 is 1.17 bits per heavy atom. The third kappa shape index (κ3) is 2.01. The van der Waals surface area contributed by atoms with Crippen LogP contribution in [0.4, 0.5) is 0 Å². The molecule has 1 saturated carbocycles. The van der Waals surface area contributed by atoms with E-state index in [1.165, 1.54) is 0 Å². The molecule has 1 aliphatic carbocycles. The molecule has 1 aromatic rings. The normalized spacial score (nSPS) is 16.2. The zero-order valence-corrected chi connectivity index (χ0v) is 11.3. The summed E-state index contributed by atoms with van der Waals surface area (Å²) >= 11 is 0. The number of hydrogen-bond acceptors (Lipinski definition) is 4. The first-order valence-electron chi connectivity index (χ1n) is 6.30. The van der Waals surface area contributed by atoms with Crippen molar-refractivity contribution in [1.29, 1.82) is 0 Å². The second kappa shape index (κ2) is 5.06. The molecule has 0 radical (unpaired) electrons. The lowest BCUT2D eigenvalue weighted by atomic mass is 9.94. The van der Waals surface area contributed by atoms with Crippen LogP contribution in [0.15, 0.2) is 12.1 Å². The van der Waals surface area contributed by atoms with Gasteiger partial charge < -0.3 is 19.9 Å². The molecule has 0 atom stereocenters. The van der Waals surface area contributed by atoms with Gasteiger partial charge in [0.1, 0.15) is 0 Å². The van der Waals surface area contributed by atoms with Gasteiger partial charge in [0, 0.05) is 17.5 Å². The van der Waals surface area contributed by atoms with Crippen molar-refractivity contribution in [2.24, 2.45) is 5.73 Å². The molecule has 2 rings (SSSR count). The summed E-state index contributed by atoms with van der Waals surface area (Å²) in [6.07, 6.45) is 2.22. The van der Waals surface area contributed by atoms with Crippen LogP contribution in [-0.4, -0.2) is 27.4 Å². The van der Waals surface area contributed by atoms with E-state index >= 15 is 0 Å². The van der Waals surface area contributed by atoms with Crippen molar-refractivity contribution in [3.63, 3.8) is 0 Å². The average molecular weight is 251 g/mol. The van der Waals surface area contributed by atoms with Crippen molar-refractivity contribution >= 4 is 0 Å². The number of ether oxygens (including phenoxy) is 3. The lowest BCUT2D eigenvalue weighted by Gasteiger charge is -2.21. The fraction of sp³-hybridized carbons (Fsp3) is 0.571. The SMILES string of the molecule is CCOc1c(C2(CN)CC2)ccc(OC)c1OC. The second-order valence-corrected chi connectivity index (χ2v) is 4.60. The van der Waals surface area contributed by atoms with Crippen molar-refractivity contribution in [3.05, 3.63) is 17.7 Å². The largest absolute Gasteiger partial charge is 0.493 e. The summed E-state index contributed by atoms with van der Waals surface area (Å²) in [7, 11) is 3.26. The number of hydrogen-bond donors (Lipinski definition) is 1. The molecule has 0 amide bonds. The van der Waals surface area contributed by atoms with E-state index in [0.29, 0.717) is 24.7 Å². The molecule has 0 heterocycles. The summed E-state index contributed by atoms with van der Waals surface area (Å²) in [6.45, 7) is 3.20. The van der Waals surface area contributed by atoms with Crippen LogP contribution in [0, 0.1) is 0 Å². The van der Waals surface area contributed by atoms with Gasteiger partial charge >= 0.3 is 0 Å². The molecule has 0 unspecified atom stereocenters. The van der Waals surface area contributed by atoms with Crippen LogP contribution >= 0.6 is 0 Å². The Hall–Kier alpha value is -1.42. The smallest absolute Gasteiger partial charge is 0.203 e. The Balaban J connectivity index is 2.52. The highest BCUT2D eigenvalue weighted by Crippen LogP contribution is 2.54. The first kappa shape index (κ1) is 13.0. The van der Waals surface area contributed by atoms with E-state index < -0.39 is 0 Å². The topological polar surface area (TPSA) is 53.7 Å². The van der Waals surface area contributed by atoms with E-state index in [1.54, 1.807) is 14.2 Å². The molecule has 100 valence electrons. The van der Waals surface area contributed by atoms with E-state index in [2.05, 4.69) is 0 Å². The van der Waals surface area contributed by atoms with Crippen molar-refractivity contribution in [2.75, 3.05) is 27.4 Å². The Kier molecular flexibility index (Phi) is 3.66. The van der Waals surface area contributed by atoms with Gasteiger partial charge in [-0.05, 0) is 25.8 Å². The average Bonchev–Trinajstić information content (AvgIpc) is 3.19. The van der Waals surface area contributed by atoms with Gasteiger partial charge in [-0.25, -0.2) is 0 Å². The van der Waals surface area contributed by atoms with Crippen LogP contribution in [0.1, 0.15) is 25.3 Å². The molecule has 0 spiro atoms. The maximum Gasteiger partial charge on any atom is 0.203 e. The molecule has 18 heavy (non-hydrogen) atoms. The van der Waals surface area contributed by atoms with Crippen molar-refractivity contribution < 1.29 is 14.2 Å². The van der Waals surface area contributed by atoms with Crippen molar-refractivity contribution in [2.45, 2.75) is 25.2 Å². The van der Waals surface area contributed by atoms with Crippen LogP contribution in [-0.2, 0) is 5.41 Å². The van der Waals surface area contributed by atoms with Crippen LogP contribution in [0.2, 0.25) is 0 Å². The molecule has 2 N–H and O–H groups in total. The van der Waals surface area contributed by atoms with E-state index in [4.69, 9.17) is 19.9 Å². The standard InChI is InChI=1S/C14H21NO3/c1-4-18-12-10(14(9-15)7-8-14)5-6-11(16-2)13(12)17-3/h5-6H,4,7-9,15H2,1-3H3. The minimum Gasteiger partial charge on any atom is -0.493 e. The molecular formula is C14H21NO3. The maximum absolute atomic E-state index is 5.90. The van der Waals surface area contributed by atoms with Gasteiger partial charge in [0.05, 0.1) is 20.8 Å². The van der Waals surface area contributed by atoms with E-state index in [9.17, 15) is 0 Å². The number of methoxy groups -OCH3 is 2. The molecule has 0 aliphatic heterocycles. The van der Waals surface area contributed by atoms with Gasteiger partial charge in [0.25, 0.3) is 0 Å². The van der Waals surface area contributed by atoms with Crippen LogP contribution in [0.3, 0.4) is 0 Å². The molecule has 1 aromatic carbocycles. The molecule has 0 bridgehead atoms. The molecule has 4 heteroatoms. The number of rotatable bonds is 6. The predicted octanol–water partition coefficient (Wildman–Crippen LogP) is 2.09. The fourth-order valence-electron chi connectivity index (χ4n) is 2.34. The molecule has 1 aliphatic rings. The van der Waals surface area contributed by atoms with Gasteiger partial charge in [-0.1, -0.05) is 6.07 Å². The molecule has 1 fully saturated rings. The third-order valence-electron chi connectivity index (χ3n) is 3.60. The predicted molar refractivity (Wildman–Crippen MR) is 70.7 cm³/mol. The first-order chi connectivity index (χ1) is 8.72. The van der Waals surface area contributed by atoms with Gasteiger partial charge in [0.2, 0.25) is 5.75 Å². The van der Waals surface area contributed by atoms with Crippen LogP contribution in [0.25, 0.3) is 0 Å². The highest BCUT2D eigenvalue weighted by atomic mass is 16.5. The molecule has 4 nitrogen and oxygen atoms in total. The molecule has 0 aromatic heterocycles. The minimum absolute atomic E-state index is 0.0735. The first-order valence-corrected chi connectivity index (χ1v) is 6.30. The molecular weight excluding hydrogens is 230 g/mol. The summed E-state index contributed by atoms with van der Waals surface area (Å²) < 4.78 is 16.5. The maximum atomic E-state index is 5.90. The summed E-state index contributed by atoms with van der Waals surface area (Å²) in [5, 5.41) is 0. The summed E-state index contributed by atoms with van der Waals surface area (Å²) in [5.74, 6) is 2.14. The second-order valence-electron chi connectivity index (χ2n) is 4.60. The Labute approximate surface area is 108 Å². The van der Waals surface area contributed by atoms with Gasteiger partial charge in [-0.15, -0.1) is 0 Å². The van der Waals surface area contributed by atoms with Gasteiger partial charge in [0.15, 0.2) is 11.5 Å². The van der Waals surface area contributed by atoms with E-state index in [-0.39, 0.29) is 5.41 Å². The Morgan fingerprint density at radius 3 is 2.33 bits per heavy atom. The third-order valence-corrected chi connectivity index (χ3v) is 3.60. The minimum atomic E-state index is 0.0735. The van der Waals surface area contributed by atoms with Crippen LogP contribution < -0.4 is 19.9 Å². The van der Waals surface area contributed by atoms with E-state index in [0.717, 1.165) is 24.2 Å². The van der Waals surface area contributed by atoms with Crippen LogP contribution in [0.5, 0.6) is 17.2 Å². The van der Waals surface area contributed by atoms with Crippen molar-refractivity contribution in [3.8, 4) is 17.2 Å². The summed E-state index contributed by atoms with van der Waals surface area (Å²) in [4.78, 5) is 0. The Bertz CT molecular complexity index is 427. The zero-order valence-electron chi connectivity index (χ0n) is 11.3. The highest BCUT2D eigenvalue weighted by Gasteiger charge is 2.45. The summed E-state index contributed by atoms with van der Waals surface area (Å²) in [6, 6.07) is 3.97. The summed E-state index contributed by atoms with van der Waals surface area (Å²) in [5.41, 5.74) is 7.12. The number of benzene rings is 1. The lowest BCUT2D eigenvalue weighted by molar-refractivity contribution is 0.291. The fourth-order valence-corrected chi connectivity index (χ4v) is 2.34. The zero-order chi connectivity index (χ0) is 13.2. The molecule has 0 saturated heterocycles. The van der Waals surface area contributed by atoms with E-state index in [1.807, 2.05) is 19.1 Å². The van der Waals surface area contributed by atoms with Crippen molar-refractivity contribution in [1.82, 2.24) is 0 Å². The quantitative estimate of drug-likeness (QED) is 0.841.